The monoisotopic (exact) mass is 433 g/mol. The van der Waals surface area contributed by atoms with Crippen LogP contribution in [0.2, 0.25) is 0 Å². The number of aromatic hydroxyl groups is 1. The second-order valence-corrected chi connectivity index (χ2v) is 8.26. The number of halogens is 1. The molecule has 0 radical (unpaired) electrons. The Balaban J connectivity index is 1.51. The van der Waals surface area contributed by atoms with Crippen molar-refractivity contribution < 1.29 is 9.84 Å². The van der Waals surface area contributed by atoms with Crippen molar-refractivity contribution in [3.63, 3.8) is 0 Å². The van der Waals surface area contributed by atoms with Gasteiger partial charge in [0, 0.05) is 21.6 Å². The van der Waals surface area contributed by atoms with Gasteiger partial charge in [0.25, 0.3) is 0 Å². The molecule has 2 aliphatic rings. The lowest BCUT2D eigenvalue weighted by Crippen LogP contribution is -2.29. The Morgan fingerprint density at radius 2 is 1.79 bits per heavy atom. The molecule has 0 amide bonds. The van der Waals surface area contributed by atoms with Gasteiger partial charge in [-0.25, -0.2) is 0 Å². The van der Waals surface area contributed by atoms with Crippen molar-refractivity contribution in [3.8, 4) is 17.2 Å². The number of rotatable bonds is 3. The van der Waals surface area contributed by atoms with Gasteiger partial charge < -0.3 is 15.2 Å². The predicted octanol–water partition coefficient (Wildman–Crippen LogP) is 6.77. The lowest BCUT2D eigenvalue weighted by Gasteiger charge is -2.38. The highest BCUT2D eigenvalue weighted by Gasteiger charge is 2.39. The number of allylic oxidation sites excluding steroid dienone is 2. The van der Waals surface area contributed by atoms with Crippen LogP contribution in [0, 0.1) is 5.92 Å². The van der Waals surface area contributed by atoms with Gasteiger partial charge >= 0.3 is 0 Å². The van der Waals surface area contributed by atoms with E-state index >= 15 is 0 Å². The molecule has 3 nitrogen and oxygen atoms in total. The number of phenolic OH excluding ortho intramolecular Hbond substituents is 1. The fourth-order valence-electron chi connectivity index (χ4n) is 4.34. The van der Waals surface area contributed by atoms with Crippen LogP contribution in [0.5, 0.6) is 17.2 Å². The summed E-state index contributed by atoms with van der Waals surface area (Å²) in [6, 6.07) is 21.8. The molecule has 0 fully saturated rings. The van der Waals surface area contributed by atoms with Crippen LogP contribution in [0.3, 0.4) is 0 Å². The quantitative estimate of drug-likeness (QED) is 0.447. The number of ether oxygens (including phenoxy) is 1. The molecule has 4 heteroatoms. The van der Waals surface area contributed by atoms with Crippen molar-refractivity contribution in [2.45, 2.75) is 18.4 Å². The van der Waals surface area contributed by atoms with Crippen molar-refractivity contribution in [2.24, 2.45) is 5.92 Å². The number of para-hydroxylation sites is 1. The summed E-state index contributed by atoms with van der Waals surface area (Å²) in [5, 5.41) is 14.1. The number of phenols is 1. The second-order valence-electron chi connectivity index (χ2n) is 7.34. The van der Waals surface area contributed by atoms with Gasteiger partial charge in [0.2, 0.25) is 0 Å². The zero-order chi connectivity index (χ0) is 19.1. The first kappa shape index (κ1) is 17.4. The Morgan fingerprint density at radius 3 is 2.64 bits per heavy atom. The third-order valence-electron chi connectivity index (χ3n) is 5.64. The van der Waals surface area contributed by atoms with Gasteiger partial charge in [0.15, 0.2) is 0 Å². The highest BCUT2D eigenvalue weighted by molar-refractivity contribution is 9.10. The lowest BCUT2D eigenvalue weighted by molar-refractivity contribution is 0.400. The largest absolute Gasteiger partial charge is 0.508 e. The van der Waals surface area contributed by atoms with E-state index in [1.807, 2.05) is 48.5 Å². The second kappa shape index (κ2) is 7.02. The summed E-state index contributed by atoms with van der Waals surface area (Å²) >= 11 is 3.54. The minimum absolute atomic E-state index is 0.0610. The van der Waals surface area contributed by atoms with Gasteiger partial charge in [0.1, 0.15) is 17.2 Å². The van der Waals surface area contributed by atoms with E-state index in [0.29, 0.717) is 17.6 Å². The zero-order valence-electron chi connectivity index (χ0n) is 15.2. The van der Waals surface area contributed by atoms with Crippen LogP contribution in [-0.2, 0) is 0 Å². The number of hydrogen-bond donors (Lipinski definition) is 2. The average Bonchev–Trinajstić information content (AvgIpc) is 3.20. The molecule has 5 rings (SSSR count). The number of nitrogens with one attached hydrogen (secondary N) is 1. The molecule has 0 aromatic heterocycles. The molecular weight excluding hydrogens is 414 g/mol. The molecule has 3 aromatic carbocycles. The molecule has 0 saturated heterocycles. The normalized spacial score (nSPS) is 22.2. The van der Waals surface area contributed by atoms with Crippen LogP contribution in [0.15, 0.2) is 83.4 Å². The Kier molecular flexibility index (Phi) is 4.36. The molecule has 0 spiro atoms. The minimum Gasteiger partial charge on any atom is -0.508 e. The molecule has 140 valence electrons. The van der Waals surface area contributed by atoms with E-state index in [2.05, 4.69) is 45.5 Å². The first-order valence-electron chi connectivity index (χ1n) is 9.47. The molecule has 1 aliphatic carbocycles. The summed E-state index contributed by atoms with van der Waals surface area (Å²) < 4.78 is 7.02. The number of hydrogen-bond acceptors (Lipinski definition) is 3. The summed E-state index contributed by atoms with van der Waals surface area (Å²) in [4.78, 5) is 0. The molecule has 3 atom stereocenters. The van der Waals surface area contributed by atoms with Crippen LogP contribution < -0.4 is 10.1 Å². The lowest BCUT2D eigenvalue weighted by atomic mass is 9.77. The van der Waals surface area contributed by atoms with Gasteiger partial charge in [-0.3, -0.25) is 0 Å². The maximum absolute atomic E-state index is 10.5. The smallest absolute Gasteiger partial charge is 0.127 e. The maximum atomic E-state index is 10.5. The van der Waals surface area contributed by atoms with Crippen LogP contribution in [0.25, 0.3) is 0 Å². The van der Waals surface area contributed by atoms with E-state index in [0.717, 1.165) is 33.6 Å². The molecule has 1 aliphatic heterocycles. The van der Waals surface area contributed by atoms with E-state index in [1.54, 1.807) is 6.07 Å². The first-order chi connectivity index (χ1) is 13.7. The van der Waals surface area contributed by atoms with Crippen LogP contribution in [0.4, 0.5) is 5.69 Å². The van der Waals surface area contributed by atoms with E-state index in [9.17, 15) is 5.11 Å². The van der Waals surface area contributed by atoms with Gasteiger partial charge in [-0.2, -0.15) is 0 Å². The van der Waals surface area contributed by atoms with Crippen LogP contribution >= 0.6 is 15.9 Å². The number of benzene rings is 3. The Labute approximate surface area is 172 Å². The van der Waals surface area contributed by atoms with Crippen molar-refractivity contribution in [1.82, 2.24) is 0 Å². The Bertz CT molecular complexity index is 1050. The van der Waals surface area contributed by atoms with Crippen LogP contribution in [0.1, 0.15) is 29.5 Å². The number of fused-ring (bicyclic) bond motifs is 3. The topological polar surface area (TPSA) is 41.5 Å². The summed E-state index contributed by atoms with van der Waals surface area (Å²) in [5.74, 6) is 2.67. The SMILES string of the molecule is Oc1ccc(Br)cc1C1Nc2ccc(Oc3ccccc3)cc2C2C=CCC21. The highest BCUT2D eigenvalue weighted by atomic mass is 79.9. The van der Waals surface area contributed by atoms with E-state index in [1.165, 1.54) is 5.56 Å². The average molecular weight is 434 g/mol. The molecular formula is C24H20BrNO2. The predicted molar refractivity (Wildman–Crippen MR) is 115 cm³/mol. The van der Waals surface area contributed by atoms with Crippen molar-refractivity contribution >= 4 is 21.6 Å². The van der Waals surface area contributed by atoms with Gasteiger partial charge in [-0.05, 0) is 66.4 Å². The van der Waals surface area contributed by atoms with Gasteiger partial charge in [-0.15, -0.1) is 0 Å². The maximum Gasteiger partial charge on any atom is 0.127 e. The molecule has 0 saturated carbocycles. The third kappa shape index (κ3) is 3.08. The standard InChI is InChI=1S/C24H20BrNO2/c25-15-9-12-23(27)21(13-15)24-19-8-4-7-18(19)20-14-17(10-11-22(20)26-24)28-16-5-2-1-3-6-16/h1-7,9-14,18-19,24,26-27H,8H2. The molecule has 28 heavy (non-hydrogen) atoms. The van der Waals surface area contributed by atoms with Crippen LogP contribution in [-0.4, -0.2) is 5.11 Å². The zero-order valence-corrected chi connectivity index (χ0v) is 16.8. The van der Waals surface area contributed by atoms with E-state index in [4.69, 9.17) is 4.74 Å². The van der Waals surface area contributed by atoms with E-state index in [-0.39, 0.29) is 6.04 Å². The fourth-order valence-corrected chi connectivity index (χ4v) is 4.72. The molecule has 3 aromatic rings. The van der Waals surface area contributed by atoms with Crippen molar-refractivity contribution in [3.05, 3.63) is 94.5 Å². The van der Waals surface area contributed by atoms with Gasteiger partial charge in [0.05, 0.1) is 6.04 Å². The number of anilines is 1. The summed E-state index contributed by atoms with van der Waals surface area (Å²) in [7, 11) is 0. The molecule has 1 heterocycles. The Hall–Kier alpha value is -2.72. The summed E-state index contributed by atoms with van der Waals surface area (Å²) in [5.41, 5.74) is 3.28. The highest BCUT2D eigenvalue weighted by Crippen LogP contribution is 2.52. The first-order valence-corrected chi connectivity index (χ1v) is 10.3. The van der Waals surface area contributed by atoms with E-state index < -0.39 is 0 Å². The molecule has 2 N–H and O–H groups in total. The Morgan fingerprint density at radius 1 is 0.929 bits per heavy atom. The minimum atomic E-state index is 0.0610. The third-order valence-corrected chi connectivity index (χ3v) is 6.13. The fraction of sp³-hybridized carbons (Fsp3) is 0.167. The van der Waals surface area contributed by atoms with Gasteiger partial charge in [-0.1, -0.05) is 46.3 Å². The summed E-state index contributed by atoms with van der Waals surface area (Å²) in [6.45, 7) is 0. The summed E-state index contributed by atoms with van der Waals surface area (Å²) in [6.07, 6.45) is 5.52. The van der Waals surface area contributed by atoms with Crippen molar-refractivity contribution in [2.75, 3.05) is 5.32 Å². The molecule has 3 unspecified atom stereocenters. The van der Waals surface area contributed by atoms with Crippen molar-refractivity contribution in [1.29, 1.82) is 0 Å². The molecule has 0 bridgehead atoms.